The molecule has 5 rings (SSSR count). The van der Waals surface area contributed by atoms with E-state index in [1.54, 1.807) is 23.1 Å². The van der Waals surface area contributed by atoms with Crippen molar-refractivity contribution >= 4 is 40.0 Å². The molecule has 0 N–H and O–H groups in total. The molecule has 0 unspecified atom stereocenters. The van der Waals surface area contributed by atoms with Gasteiger partial charge in [-0.1, -0.05) is 11.6 Å². The number of carbonyl (C=O) groups excluding carboxylic acids is 1. The van der Waals surface area contributed by atoms with Gasteiger partial charge in [0.15, 0.2) is 11.5 Å². The SMILES string of the molecule is O=C(c1cc([N+](=O)[O-])ccc1N1CCOCC1)N1CCC(c2nc3cc(Cl)ccc3o2)CC1. The number of non-ortho nitro benzene ring substituents is 1. The van der Waals surface area contributed by atoms with Gasteiger partial charge in [0.2, 0.25) is 0 Å². The Labute approximate surface area is 195 Å². The molecule has 2 aliphatic heterocycles. The van der Waals surface area contributed by atoms with E-state index < -0.39 is 4.92 Å². The van der Waals surface area contributed by atoms with Gasteiger partial charge in [0.25, 0.3) is 11.6 Å². The molecule has 172 valence electrons. The molecule has 1 aromatic heterocycles. The molecule has 2 fully saturated rings. The van der Waals surface area contributed by atoms with Crippen LogP contribution in [0.2, 0.25) is 5.02 Å². The molecular formula is C23H23ClN4O5. The van der Waals surface area contributed by atoms with E-state index in [4.69, 9.17) is 20.8 Å². The molecule has 3 heterocycles. The number of halogens is 1. The van der Waals surface area contributed by atoms with E-state index in [-0.39, 0.29) is 17.5 Å². The van der Waals surface area contributed by atoms with Crippen LogP contribution in [-0.4, -0.2) is 60.1 Å². The molecule has 2 aliphatic rings. The molecule has 0 atom stereocenters. The van der Waals surface area contributed by atoms with Gasteiger partial charge in [-0.25, -0.2) is 4.98 Å². The first kappa shape index (κ1) is 21.7. The Morgan fingerprint density at radius 1 is 1.09 bits per heavy atom. The molecule has 10 heteroatoms. The van der Waals surface area contributed by atoms with Crippen molar-refractivity contribution in [3.05, 3.63) is 63.0 Å². The van der Waals surface area contributed by atoms with Gasteiger partial charge in [-0.3, -0.25) is 14.9 Å². The highest BCUT2D eigenvalue weighted by molar-refractivity contribution is 6.31. The Hall–Kier alpha value is -3.17. The molecule has 0 saturated carbocycles. The first-order chi connectivity index (χ1) is 16.0. The van der Waals surface area contributed by atoms with Gasteiger partial charge in [-0.15, -0.1) is 0 Å². The van der Waals surface area contributed by atoms with Crippen molar-refractivity contribution in [2.24, 2.45) is 0 Å². The number of rotatable bonds is 4. The summed E-state index contributed by atoms with van der Waals surface area (Å²) in [4.78, 5) is 32.7. The molecular weight excluding hydrogens is 448 g/mol. The third-order valence-electron chi connectivity index (χ3n) is 6.27. The average Bonchev–Trinajstić information content (AvgIpc) is 3.27. The number of nitro groups is 1. The van der Waals surface area contributed by atoms with Crippen molar-refractivity contribution in [3.8, 4) is 0 Å². The minimum atomic E-state index is -0.467. The second kappa shape index (κ2) is 8.99. The van der Waals surface area contributed by atoms with E-state index in [0.717, 1.165) is 5.52 Å². The van der Waals surface area contributed by atoms with E-state index in [0.29, 0.717) is 80.0 Å². The fourth-order valence-corrected chi connectivity index (χ4v) is 4.65. The van der Waals surface area contributed by atoms with Crippen LogP contribution in [0, 0.1) is 10.1 Å². The Morgan fingerprint density at radius 2 is 1.85 bits per heavy atom. The lowest BCUT2D eigenvalue weighted by atomic mass is 9.96. The molecule has 9 nitrogen and oxygen atoms in total. The van der Waals surface area contributed by atoms with Crippen LogP contribution in [0.4, 0.5) is 11.4 Å². The van der Waals surface area contributed by atoms with E-state index in [1.165, 1.54) is 12.1 Å². The van der Waals surface area contributed by atoms with Crippen molar-refractivity contribution in [2.75, 3.05) is 44.3 Å². The van der Waals surface area contributed by atoms with Crippen LogP contribution in [0.25, 0.3) is 11.1 Å². The number of carbonyl (C=O) groups is 1. The molecule has 1 amide bonds. The smallest absolute Gasteiger partial charge is 0.270 e. The Bertz CT molecular complexity index is 1200. The lowest BCUT2D eigenvalue weighted by Crippen LogP contribution is -2.41. The van der Waals surface area contributed by atoms with Crippen LogP contribution < -0.4 is 4.90 Å². The standard InChI is InChI=1S/C23H23ClN4O5/c24-16-1-4-21-19(13-16)25-22(33-21)15-5-7-27(8-6-15)23(29)18-14-17(28(30)31)2-3-20(18)26-9-11-32-12-10-26/h1-4,13-15H,5-12H2. The summed E-state index contributed by atoms with van der Waals surface area (Å²) >= 11 is 6.05. The largest absolute Gasteiger partial charge is 0.440 e. The fourth-order valence-electron chi connectivity index (χ4n) is 4.48. The van der Waals surface area contributed by atoms with Crippen LogP contribution in [0.5, 0.6) is 0 Å². The third kappa shape index (κ3) is 4.38. The summed E-state index contributed by atoms with van der Waals surface area (Å²) in [5.74, 6) is 0.566. The number of piperidine rings is 1. The van der Waals surface area contributed by atoms with Gasteiger partial charge in [0.1, 0.15) is 5.52 Å². The maximum atomic E-state index is 13.5. The zero-order chi connectivity index (χ0) is 22.9. The predicted octanol–water partition coefficient (Wildman–Crippen LogP) is 4.25. The van der Waals surface area contributed by atoms with E-state index in [2.05, 4.69) is 9.88 Å². The quantitative estimate of drug-likeness (QED) is 0.415. The Balaban J connectivity index is 1.34. The van der Waals surface area contributed by atoms with Gasteiger partial charge < -0.3 is 19.0 Å². The molecule has 2 saturated heterocycles. The minimum absolute atomic E-state index is 0.0876. The second-order valence-electron chi connectivity index (χ2n) is 8.29. The topological polar surface area (TPSA) is 102 Å². The highest BCUT2D eigenvalue weighted by atomic mass is 35.5. The number of amides is 1. The first-order valence-electron chi connectivity index (χ1n) is 11.0. The number of anilines is 1. The monoisotopic (exact) mass is 470 g/mol. The number of fused-ring (bicyclic) bond motifs is 1. The maximum Gasteiger partial charge on any atom is 0.270 e. The van der Waals surface area contributed by atoms with E-state index in [9.17, 15) is 14.9 Å². The van der Waals surface area contributed by atoms with Crippen LogP contribution in [0.3, 0.4) is 0 Å². The Morgan fingerprint density at radius 3 is 2.58 bits per heavy atom. The zero-order valence-electron chi connectivity index (χ0n) is 17.9. The summed E-state index contributed by atoms with van der Waals surface area (Å²) in [5, 5.41) is 12.0. The number of morpholine rings is 1. The van der Waals surface area contributed by atoms with E-state index >= 15 is 0 Å². The number of nitro benzene ring substituents is 1. The van der Waals surface area contributed by atoms with Gasteiger partial charge in [0.05, 0.1) is 29.4 Å². The molecule has 3 aromatic rings. The molecule has 0 spiro atoms. The van der Waals surface area contributed by atoms with Crippen LogP contribution in [-0.2, 0) is 4.74 Å². The Kier molecular flexibility index (Phi) is 5.90. The van der Waals surface area contributed by atoms with Crippen molar-refractivity contribution in [2.45, 2.75) is 18.8 Å². The summed E-state index contributed by atoms with van der Waals surface area (Å²) in [6, 6.07) is 9.87. The number of ether oxygens (including phenoxy) is 1. The molecule has 0 radical (unpaired) electrons. The van der Waals surface area contributed by atoms with Crippen LogP contribution in [0.15, 0.2) is 40.8 Å². The number of aromatic nitrogens is 1. The molecule has 33 heavy (non-hydrogen) atoms. The van der Waals surface area contributed by atoms with Gasteiger partial charge in [-0.2, -0.15) is 0 Å². The predicted molar refractivity (Wildman–Crippen MR) is 123 cm³/mol. The highest BCUT2D eigenvalue weighted by Gasteiger charge is 2.30. The zero-order valence-corrected chi connectivity index (χ0v) is 18.7. The number of hydrogen-bond acceptors (Lipinski definition) is 7. The number of likely N-dealkylation sites (tertiary alicyclic amines) is 1. The van der Waals surface area contributed by atoms with Crippen LogP contribution >= 0.6 is 11.6 Å². The maximum absolute atomic E-state index is 13.5. The third-order valence-corrected chi connectivity index (χ3v) is 6.51. The normalized spacial score (nSPS) is 17.5. The number of oxazole rings is 1. The number of benzene rings is 2. The van der Waals surface area contributed by atoms with Crippen molar-refractivity contribution < 1.29 is 18.9 Å². The lowest BCUT2D eigenvalue weighted by Gasteiger charge is -2.33. The van der Waals surface area contributed by atoms with Gasteiger partial charge in [-0.05, 0) is 37.1 Å². The molecule has 0 bridgehead atoms. The summed E-state index contributed by atoms with van der Waals surface area (Å²) in [7, 11) is 0. The van der Waals surface area contributed by atoms with Crippen molar-refractivity contribution in [3.63, 3.8) is 0 Å². The van der Waals surface area contributed by atoms with Crippen molar-refractivity contribution in [1.29, 1.82) is 0 Å². The second-order valence-corrected chi connectivity index (χ2v) is 8.73. The summed E-state index contributed by atoms with van der Waals surface area (Å²) in [6.45, 7) is 3.45. The summed E-state index contributed by atoms with van der Waals surface area (Å²) in [6.07, 6.45) is 1.40. The van der Waals surface area contributed by atoms with Crippen molar-refractivity contribution in [1.82, 2.24) is 9.88 Å². The number of hydrogen-bond donors (Lipinski definition) is 0. The average molecular weight is 471 g/mol. The molecule has 0 aliphatic carbocycles. The van der Waals surface area contributed by atoms with Crippen LogP contribution in [0.1, 0.15) is 35.0 Å². The fraction of sp³-hybridized carbons (Fsp3) is 0.391. The highest BCUT2D eigenvalue weighted by Crippen LogP contribution is 2.33. The first-order valence-corrected chi connectivity index (χ1v) is 11.3. The van der Waals surface area contributed by atoms with Gasteiger partial charge in [0, 0.05) is 49.3 Å². The van der Waals surface area contributed by atoms with Gasteiger partial charge >= 0.3 is 0 Å². The lowest BCUT2D eigenvalue weighted by molar-refractivity contribution is -0.384. The summed E-state index contributed by atoms with van der Waals surface area (Å²) < 4.78 is 11.3. The minimum Gasteiger partial charge on any atom is -0.440 e. The molecule has 2 aromatic carbocycles. The number of nitrogens with zero attached hydrogens (tertiary/aromatic N) is 4. The summed E-state index contributed by atoms with van der Waals surface area (Å²) in [5.41, 5.74) is 2.41. The van der Waals surface area contributed by atoms with E-state index in [1.807, 2.05) is 6.07 Å².